The topological polar surface area (TPSA) is 70.9 Å². The van der Waals surface area contributed by atoms with Crippen LogP contribution in [0.25, 0.3) is 0 Å². The average molecular weight is 507 g/mol. The van der Waals surface area contributed by atoms with Crippen molar-refractivity contribution < 1.29 is 14.6 Å². The molecule has 2 rings (SSSR count). The van der Waals surface area contributed by atoms with Crippen LogP contribution in [0.15, 0.2) is 48.9 Å². The molecule has 5 nitrogen and oxygen atoms in total. The predicted octanol–water partition coefficient (Wildman–Crippen LogP) is 4.45. The van der Waals surface area contributed by atoms with Crippen molar-refractivity contribution >= 4 is 59.9 Å². The van der Waals surface area contributed by atoms with Gasteiger partial charge in [0.25, 0.3) is 5.91 Å². The summed E-state index contributed by atoms with van der Waals surface area (Å²) in [5.74, 6) is 0.0492. The number of methoxy groups -OCH3 is 1. The molecular weight excluding hydrogens is 496 g/mol. The van der Waals surface area contributed by atoms with Crippen LogP contribution in [0.2, 0.25) is 0 Å². The third kappa shape index (κ3) is 4.55. The molecule has 0 atom stereocenters. The molecule has 23 heavy (non-hydrogen) atoms. The monoisotopic (exact) mass is 504 g/mol. The lowest BCUT2D eigenvalue weighted by Crippen LogP contribution is -2.18. The van der Waals surface area contributed by atoms with E-state index in [1.807, 2.05) is 0 Å². The molecule has 0 aliphatic rings. The van der Waals surface area contributed by atoms with Crippen LogP contribution in [-0.4, -0.2) is 24.3 Å². The van der Waals surface area contributed by atoms with Crippen LogP contribution in [-0.2, 0) is 0 Å². The van der Waals surface area contributed by atoms with Gasteiger partial charge in [-0.1, -0.05) is 31.9 Å². The van der Waals surface area contributed by atoms with Crippen LogP contribution in [0.3, 0.4) is 0 Å². The van der Waals surface area contributed by atoms with Crippen LogP contribution in [0.1, 0.15) is 15.9 Å². The number of phenols is 1. The summed E-state index contributed by atoms with van der Waals surface area (Å²) >= 11 is 9.86. The van der Waals surface area contributed by atoms with E-state index in [2.05, 4.69) is 58.3 Å². The SMILES string of the molecule is COc1ccc(Br)cc1C(=O)N/N=C\c1cc(Br)cc(Br)c1O. The summed E-state index contributed by atoms with van der Waals surface area (Å²) < 4.78 is 7.19. The standard InChI is InChI=1S/C15H11Br3N2O3/c1-23-13-3-2-9(16)5-11(13)15(22)20-19-7-8-4-10(17)6-12(18)14(8)21/h2-7,21H,1H3,(H,20,22)/b19-7-. The maximum Gasteiger partial charge on any atom is 0.275 e. The third-order valence-corrected chi connectivity index (χ3v) is 4.39. The molecule has 0 saturated heterocycles. The fraction of sp³-hybridized carbons (Fsp3) is 0.0667. The highest BCUT2D eigenvalue weighted by molar-refractivity contribution is 9.11. The Morgan fingerprint density at radius 3 is 2.65 bits per heavy atom. The number of hydrazone groups is 1. The number of amides is 1. The van der Waals surface area contributed by atoms with Crippen LogP contribution >= 0.6 is 47.8 Å². The van der Waals surface area contributed by atoms with Gasteiger partial charge in [-0.05, 0) is 46.3 Å². The maximum atomic E-state index is 12.2. The number of hydrogen-bond donors (Lipinski definition) is 2. The van der Waals surface area contributed by atoms with E-state index in [-0.39, 0.29) is 5.75 Å². The van der Waals surface area contributed by atoms with Crippen molar-refractivity contribution in [3.8, 4) is 11.5 Å². The number of halogens is 3. The second-order valence-corrected chi connectivity index (χ2v) is 7.05. The van der Waals surface area contributed by atoms with Crippen LogP contribution in [0, 0.1) is 0 Å². The summed E-state index contributed by atoms with van der Waals surface area (Å²) in [4.78, 5) is 12.2. The number of nitrogens with one attached hydrogen (secondary N) is 1. The van der Waals surface area contributed by atoms with E-state index >= 15 is 0 Å². The molecule has 0 aromatic heterocycles. The van der Waals surface area contributed by atoms with Crippen LogP contribution < -0.4 is 10.2 Å². The molecule has 0 bridgehead atoms. The Morgan fingerprint density at radius 1 is 1.22 bits per heavy atom. The van der Waals surface area contributed by atoms with Crippen LogP contribution in [0.4, 0.5) is 0 Å². The molecule has 0 fully saturated rings. The van der Waals surface area contributed by atoms with Gasteiger partial charge in [0.05, 0.1) is 23.4 Å². The van der Waals surface area contributed by atoms with Crippen LogP contribution in [0.5, 0.6) is 11.5 Å². The molecule has 0 unspecified atom stereocenters. The Balaban J connectivity index is 2.18. The largest absolute Gasteiger partial charge is 0.506 e. The van der Waals surface area contributed by atoms with Crippen molar-refractivity contribution in [2.45, 2.75) is 0 Å². The van der Waals surface area contributed by atoms with E-state index in [0.29, 0.717) is 21.3 Å². The molecule has 0 saturated carbocycles. The number of nitrogens with zero attached hydrogens (tertiary/aromatic N) is 1. The number of rotatable bonds is 4. The first kappa shape index (κ1) is 18.0. The average Bonchev–Trinajstić information content (AvgIpc) is 2.51. The summed E-state index contributed by atoms with van der Waals surface area (Å²) in [5.41, 5.74) is 3.20. The Morgan fingerprint density at radius 2 is 1.96 bits per heavy atom. The van der Waals surface area contributed by atoms with E-state index in [1.165, 1.54) is 13.3 Å². The zero-order valence-electron chi connectivity index (χ0n) is 11.8. The van der Waals surface area contributed by atoms with Crippen molar-refractivity contribution in [2.24, 2.45) is 5.10 Å². The minimum absolute atomic E-state index is 0.0336. The first-order chi connectivity index (χ1) is 10.9. The highest BCUT2D eigenvalue weighted by atomic mass is 79.9. The molecule has 2 aromatic rings. The van der Waals surface area contributed by atoms with Gasteiger partial charge < -0.3 is 9.84 Å². The summed E-state index contributed by atoms with van der Waals surface area (Å²) in [5, 5.41) is 13.8. The fourth-order valence-corrected chi connectivity index (χ4v) is 3.38. The number of aromatic hydroxyl groups is 1. The molecule has 120 valence electrons. The molecule has 2 N–H and O–H groups in total. The van der Waals surface area contributed by atoms with Gasteiger partial charge in [0, 0.05) is 14.5 Å². The fourth-order valence-electron chi connectivity index (χ4n) is 1.76. The Bertz CT molecular complexity index is 779. The molecule has 0 radical (unpaired) electrons. The number of benzene rings is 2. The van der Waals surface area contributed by atoms with Gasteiger partial charge in [-0.25, -0.2) is 5.43 Å². The lowest BCUT2D eigenvalue weighted by Gasteiger charge is -2.07. The summed E-state index contributed by atoms with van der Waals surface area (Å²) in [6.45, 7) is 0. The Hall–Kier alpha value is -1.38. The summed E-state index contributed by atoms with van der Waals surface area (Å²) in [6.07, 6.45) is 1.35. The van der Waals surface area contributed by atoms with Gasteiger partial charge in [0.1, 0.15) is 11.5 Å². The van der Waals surface area contributed by atoms with E-state index in [0.717, 1.165) is 8.95 Å². The van der Waals surface area contributed by atoms with Crippen molar-refractivity contribution in [1.29, 1.82) is 0 Å². The smallest absolute Gasteiger partial charge is 0.275 e. The number of ether oxygens (including phenoxy) is 1. The first-order valence-corrected chi connectivity index (χ1v) is 8.65. The molecule has 0 aliphatic heterocycles. The summed E-state index contributed by atoms with van der Waals surface area (Å²) in [7, 11) is 1.49. The van der Waals surface area contributed by atoms with Crippen molar-refractivity contribution in [1.82, 2.24) is 5.43 Å². The van der Waals surface area contributed by atoms with Gasteiger partial charge >= 0.3 is 0 Å². The van der Waals surface area contributed by atoms with Gasteiger partial charge in [0.15, 0.2) is 0 Å². The Labute approximate surface area is 158 Å². The normalized spacial score (nSPS) is 10.8. The van der Waals surface area contributed by atoms with E-state index in [4.69, 9.17) is 4.74 Å². The molecule has 0 heterocycles. The van der Waals surface area contributed by atoms with Gasteiger partial charge in [-0.3, -0.25) is 4.79 Å². The molecule has 0 aliphatic carbocycles. The van der Waals surface area contributed by atoms with Gasteiger partial charge in [-0.2, -0.15) is 5.10 Å². The predicted molar refractivity (Wildman–Crippen MR) is 99.3 cm³/mol. The first-order valence-electron chi connectivity index (χ1n) is 6.27. The number of carbonyl (C=O) groups excluding carboxylic acids is 1. The quantitative estimate of drug-likeness (QED) is 0.475. The molecular formula is C15H11Br3N2O3. The second kappa shape index (κ2) is 7.94. The lowest BCUT2D eigenvalue weighted by atomic mass is 10.2. The molecule has 0 spiro atoms. The second-order valence-electron chi connectivity index (χ2n) is 4.37. The van der Waals surface area contributed by atoms with Gasteiger partial charge in [-0.15, -0.1) is 0 Å². The zero-order valence-corrected chi connectivity index (χ0v) is 16.6. The summed E-state index contributed by atoms with van der Waals surface area (Å²) in [6, 6.07) is 8.47. The van der Waals surface area contributed by atoms with Crippen molar-refractivity contribution in [3.63, 3.8) is 0 Å². The van der Waals surface area contributed by atoms with Crippen molar-refractivity contribution in [2.75, 3.05) is 7.11 Å². The maximum absolute atomic E-state index is 12.2. The molecule has 8 heteroatoms. The number of carbonyl (C=O) groups is 1. The minimum Gasteiger partial charge on any atom is -0.506 e. The highest BCUT2D eigenvalue weighted by Crippen LogP contribution is 2.30. The van der Waals surface area contributed by atoms with E-state index in [1.54, 1.807) is 30.3 Å². The van der Waals surface area contributed by atoms with Gasteiger partial charge in [0.2, 0.25) is 0 Å². The third-order valence-electron chi connectivity index (χ3n) is 2.83. The minimum atomic E-state index is -0.423. The molecule has 1 amide bonds. The zero-order chi connectivity index (χ0) is 17.0. The van der Waals surface area contributed by atoms with Crippen molar-refractivity contribution in [3.05, 3.63) is 54.9 Å². The Kier molecular flexibility index (Phi) is 6.20. The van der Waals surface area contributed by atoms with E-state index in [9.17, 15) is 9.90 Å². The number of hydrogen-bond acceptors (Lipinski definition) is 4. The molecule has 2 aromatic carbocycles. The number of phenolic OH excluding ortho intramolecular Hbond substituents is 1. The highest BCUT2D eigenvalue weighted by Gasteiger charge is 2.12. The van der Waals surface area contributed by atoms with E-state index < -0.39 is 5.91 Å². The lowest BCUT2D eigenvalue weighted by molar-refractivity contribution is 0.0952.